The second kappa shape index (κ2) is 4.80. The van der Waals surface area contributed by atoms with Gasteiger partial charge in [0.25, 0.3) is 0 Å². The highest BCUT2D eigenvalue weighted by Gasteiger charge is 2.13. The maximum atomic E-state index is 3.50. The minimum Gasteiger partial charge on any atom is -0.310 e. The fourth-order valence-corrected chi connectivity index (χ4v) is 2.31. The van der Waals surface area contributed by atoms with E-state index < -0.39 is 0 Å². The lowest BCUT2D eigenvalue weighted by Crippen LogP contribution is -2.20. The Morgan fingerprint density at radius 2 is 1.53 bits per heavy atom. The van der Waals surface area contributed by atoms with E-state index in [-0.39, 0.29) is 0 Å². The van der Waals surface area contributed by atoms with Crippen molar-refractivity contribution in [1.82, 2.24) is 5.32 Å². The van der Waals surface area contributed by atoms with Crippen molar-refractivity contribution in [2.45, 2.75) is 47.6 Å². The summed E-state index contributed by atoms with van der Waals surface area (Å²) in [4.78, 5) is 0. The van der Waals surface area contributed by atoms with E-state index in [1.54, 1.807) is 0 Å². The smallest absolute Gasteiger partial charge is 0.0297 e. The van der Waals surface area contributed by atoms with E-state index in [1.807, 2.05) is 0 Å². The van der Waals surface area contributed by atoms with Crippen LogP contribution in [0.15, 0.2) is 6.07 Å². The van der Waals surface area contributed by atoms with Gasteiger partial charge in [-0.3, -0.25) is 0 Å². The van der Waals surface area contributed by atoms with Gasteiger partial charge in [-0.25, -0.2) is 0 Å². The highest BCUT2D eigenvalue weighted by molar-refractivity contribution is 5.45. The second-order valence-corrected chi connectivity index (χ2v) is 4.45. The fourth-order valence-electron chi connectivity index (χ4n) is 2.31. The molecule has 0 fully saturated rings. The van der Waals surface area contributed by atoms with Crippen molar-refractivity contribution < 1.29 is 0 Å². The molecule has 1 rings (SSSR count). The van der Waals surface area contributed by atoms with Crippen molar-refractivity contribution in [2.75, 3.05) is 6.54 Å². The van der Waals surface area contributed by atoms with Gasteiger partial charge in [0.1, 0.15) is 0 Å². The quantitative estimate of drug-likeness (QED) is 0.795. The SMILES string of the molecule is CCNC(C)c1c(C)c(C)cc(C)c1C. The minimum atomic E-state index is 0.452. The molecule has 1 heteroatoms. The van der Waals surface area contributed by atoms with Gasteiger partial charge >= 0.3 is 0 Å². The van der Waals surface area contributed by atoms with Crippen molar-refractivity contribution in [3.8, 4) is 0 Å². The zero-order valence-corrected chi connectivity index (χ0v) is 10.9. The van der Waals surface area contributed by atoms with Crippen LogP contribution in [0.4, 0.5) is 0 Å². The lowest BCUT2D eigenvalue weighted by Gasteiger charge is -2.21. The molecule has 0 saturated carbocycles. The molecule has 0 aromatic heterocycles. The van der Waals surface area contributed by atoms with Crippen LogP contribution in [-0.4, -0.2) is 6.54 Å². The Morgan fingerprint density at radius 1 is 1.07 bits per heavy atom. The average Bonchev–Trinajstić information content (AvgIpc) is 2.16. The Hall–Kier alpha value is -0.820. The molecule has 1 unspecified atom stereocenters. The summed E-state index contributed by atoms with van der Waals surface area (Å²) in [6.07, 6.45) is 0. The molecular formula is C14H23N. The Morgan fingerprint density at radius 3 is 1.93 bits per heavy atom. The molecule has 0 radical (unpaired) electrons. The lowest BCUT2D eigenvalue weighted by molar-refractivity contribution is 0.591. The van der Waals surface area contributed by atoms with Gasteiger partial charge in [0.15, 0.2) is 0 Å². The van der Waals surface area contributed by atoms with Crippen molar-refractivity contribution in [3.63, 3.8) is 0 Å². The molecule has 0 aliphatic rings. The standard InChI is InChI=1S/C14H23N/c1-7-15-13(6)14-11(4)9(2)8-10(3)12(14)5/h8,13,15H,7H2,1-6H3. The van der Waals surface area contributed by atoms with E-state index in [1.165, 1.54) is 27.8 Å². The Kier molecular flexibility index (Phi) is 3.92. The number of hydrogen-bond acceptors (Lipinski definition) is 1. The van der Waals surface area contributed by atoms with E-state index in [2.05, 4.69) is 52.9 Å². The van der Waals surface area contributed by atoms with Crippen LogP contribution in [0.5, 0.6) is 0 Å². The maximum absolute atomic E-state index is 3.50. The monoisotopic (exact) mass is 205 g/mol. The van der Waals surface area contributed by atoms with Crippen LogP contribution in [0.25, 0.3) is 0 Å². The maximum Gasteiger partial charge on any atom is 0.0297 e. The first kappa shape index (κ1) is 12.3. The Bertz CT molecular complexity index is 327. The number of rotatable bonds is 3. The lowest BCUT2D eigenvalue weighted by atomic mass is 9.90. The van der Waals surface area contributed by atoms with Gasteiger partial charge in [0, 0.05) is 6.04 Å². The Labute approximate surface area is 93.9 Å². The summed E-state index contributed by atoms with van der Waals surface area (Å²) in [5.41, 5.74) is 7.16. The van der Waals surface area contributed by atoms with Crippen LogP contribution in [0.1, 0.15) is 47.7 Å². The van der Waals surface area contributed by atoms with Gasteiger partial charge in [0.2, 0.25) is 0 Å². The van der Waals surface area contributed by atoms with Crippen molar-refractivity contribution in [2.24, 2.45) is 0 Å². The summed E-state index contributed by atoms with van der Waals surface area (Å²) >= 11 is 0. The zero-order chi connectivity index (χ0) is 11.6. The van der Waals surface area contributed by atoms with Crippen LogP contribution in [0.3, 0.4) is 0 Å². The topological polar surface area (TPSA) is 12.0 Å². The molecular weight excluding hydrogens is 182 g/mol. The molecule has 0 bridgehead atoms. The molecule has 84 valence electrons. The molecule has 0 saturated heterocycles. The van der Waals surface area contributed by atoms with Crippen molar-refractivity contribution in [3.05, 3.63) is 33.9 Å². The number of hydrogen-bond donors (Lipinski definition) is 1. The predicted molar refractivity (Wildman–Crippen MR) is 67.5 cm³/mol. The van der Waals surface area contributed by atoms with Gasteiger partial charge < -0.3 is 5.32 Å². The van der Waals surface area contributed by atoms with Gasteiger partial charge in [-0.2, -0.15) is 0 Å². The van der Waals surface area contributed by atoms with E-state index in [4.69, 9.17) is 0 Å². The summed E-state index contributed by atoms with van der Waals surface area (Å²) in [5, 5.41) is 3.50. The second-order valence-electron chi connectivity index (χ2n) is 4.45. The van der Waals surface area contributed by atoms with E-state index in [9.17, 15) is 0 Å². The molecule has 0 spiro atoms. The third-order valence-electron chi connectivity index (χ3n) is 3.37. The summed E-state index contributed by atoms with van der Waals surface area (Å²) in [6, 6.07) is 2.74. The first-order valence-corrected chi connectivity index (χ1v) is 5.79. The summed E-state index contributed by atoms with van der Waals surface area (Å²) < 4.78 is 0. The van der Waals surface area contributed by atoms with Crippen LogP contribution < -0.4 is 5.32 Å². The summed E-state index contributed by atoms with van der Waals surface area (Å²) in [7, 11) is 0. The molecule has 0 aliphatic heterocycles. The van der Waals surface area contributed by atoms with Gasteiger partial charge in [-0.1, -0.05) is 13.0 Å². The highest BCUT2D eigenvalue weighted by Crippen LogP contribution is 2.26. The minimum absolute atomic E-state index is 0.452. The summed E-state index contributed by atoms with van der Waals surface area (Å²) in [5.74, 6) is 0. The van der Waals surface area contributed by atoms with E-state index >= 15 is 0 Å². The molecule has 1 aromatic carbocycles. The van der Waals surface area contributed by atoms with Crippen molar-refractivity contribution in [1.29, 1.82) is 0 Å². The zero-order valence-electron chi connectivity index (χ0n) is 10.9. The van der Waals surface area contributed by atoms with Gasteiger partial charge in [-0.15, -0.1) is 0 Å². The summed E-state index contributed by atoms with van der Waals surface area (Å²) in [6.45, 7) is 14.3. The molecule has 1 N–H and O–H groups in total. The Balaban J connectivity index is 3.26. The fraction of sp³-hybridized carbons (Fsp3) is 0.571. The number of benzene rings is 1. The molecule has 0 amide bonds. The molecule has 1 aromatic rings. The van der Waals surface area contributed by atoms with E-state index in [0.29, 0.717) is 6.04 Å². The highest BCUT2D eigenvalue weighted by atomic mass is 14.9. The molecule has 1 atom stereocenters. The van der Waals surface area contributed by atoms with E-state index in [0.717, 1.165) is 6.54 Å². The largest absolute Gasteiger partial charge is 0.310 e. The van der Waals surface area contributed by atoms with Crippen LogP contribution in [0.2, 0.25) is 0 Å². The molecule has 0 heterocycles. The van der Waals surface area contributed by atoms with Crippen LogP contribution in [-0.2, 0) is 0 Å². The normalized spacial score (nSPS) is 12.9. The predicted octanol–water partition coefficient (Wildman–Crippen LogP) is 3.59. The van der Waals surface area contributed by atoms with Gasteiger partial charge in [-0.05, 0) is 69.0 Å². The molecule has 1 nitrogen and oxygen atoms in total. The number of nitrogens with one attached hydrogen (secondary N) is 1. The molecule has 15 heavy (non-hydrogen) atoms. The third kappa shape index (κ3) is 2.40. The average molecular weight is 205 g/mol. The molecule has 0 aliphatic carbocycles. The van der Waals surface area contributed by atoms with Gasteiger partial charge in [0.05, 0.1) is 0 Å². The van der Waals surface area contributed by atoms with Crippen LogP contribution in [0, 0.1) is 27.7 Å². The first-order chi connectivity index (χ1) is 6.99. The number of aryl methyl sites for hydroxylation is 2. The van der Waals surface area contributed by atoms with Crippen LogP contribution >= 0.6 is 0 Å². The first-order valence-electron chi connectivity index (χ1n) is 5.79. The van der Waals surface area contributed by atoms with Crippen molar-refractivity contribution >= 4 is 0 Å². The third-order valence-corrected chi connectivity index (χ3v) is 3.37.